The maximum Gasteiger partial charge on any atom is 0.329 e. The normalized spacial score (nSPS) is 31.0. The summed E-state index contributed by atoms with van der Waals surface area (Å²) in [5, 5.41) is 9.10. The molecule has 3 amide bonds. The van der Waals surface area contributed by atoms with Gasteiger partial charge in [-0.05, 0) is 19.9 Å². The van der Waals surface area contributed by atoms with Crippen LogP contribution < -0.4 is 0 Å². The van der Waals surface area contributed by atoms with Crippen molar-refractivity contribution < 1.29 is 23.9 Å². The molecule has 2 aliphatic heterocycles. The molecule has 0 aromatic carbocycles. The Morgan fingerprint density at radius 3 is 2.68 bits per heavy atom. The van der Waals surface area contributed by atoms with Crippen molar-refractivity contribution in [2.75, 3.05) is 20.7 Å². The van der Waals surface area contributed by atoms with Gasteiger partial charge in [0.2, 0.25) is 5.91 Å². The number of esters is 1. The third-order valence-corrected chi connectivity index (χ3v) is 4.09. The van der Waals surface area contributed by atoms with Crippen LogP contribution in [0, 0.1) is 23.2 Å². The van der Waals surface area contributed by atoms with Crippen LogP contribution in [0.3, 0.4) is 0 Å². The number of nitriles is 1. The lowest BCUT2D eigenvalue weighted by Gasteiger charge is -2.51. The van der Waals surface area contributed by atoms with E-state index >= 15 is 0 Å². The fourth-order valence-electron chi connectivity index (χ4n) is 2.79. The zero-order chi connectivity index (χ0) is 16.7. The molecule has 8 heteroatoms. The number of allylic oxidation sites excluding steroid dienone is 1. The van der Waals surface area contributed by atoms with Gasteiger partial charge in [-0.15, -0.1) is 0 Å². The summed E-state index contributed by atoms with van der Waals surface area (Å²) in [5.74, 6) is -3.25. The lowest BCUT2D eigenvalue weighted by Crippen LogP contribution is -2.69. The first kappa shape index (κ1) is 15.8. The average molecular weight is 307 g/mol. The van der Waals surface area contributed by atoms with Crippen molar-refractivity contribution in [1.82, 2.24) is 9.80 Å². The highest BCUT2D eigenvalue weighted by Crippen LogP contribution is 2.43. The average Bonchev–Trinajstić information content (AvgIpc) is 2.50. The van der Waals surface area contributed by atoms with Gasteiger partial charge in [-0.25, -0.2) is 4.79 Å². The van der Waals surface area contributed by atoms with Gasteiger partial charge < -0.3 is 9.47 Å². The SMILES string of the molecule is CCOC(=O)[C@H]1C=C(C#N)O[C@]2(C)[C@@H]1C(=O)N(C)C(=O)N2C. The molecule has 2 aliphatic rings. The number of carbonyl (C=O) groups excluding carboxylic acids is 3. The Hall–Kier alpha value is -2.56. The summed E-state index contributed by atoms with van der Waals surface area (Å²) in [6, 6.07) is 1.25. The fourth-order valence-corrected chi connectivity index (χ4v) is 2.79. The van der Waals surface area contributed by atoms with Gasteiger partial charge in [0.15, 0.2) is 11.5 Å². The molecular formula is C14H17N3O5. The molecule has 2 rings (SSSR count). The second kappa shape index (κ2) is 5.33. The third kappa shape index (κ3) is 2.09. The van der Waals surface area contributed by atoms with E-state index in [1.807, 2.05) is 6.07 Å². The summed E-state index contributed by atoms with van der Waals surface area (Å²) in [6.07, 6.45) is 1.28. The van der Waals surface area contributed by atoms with Crippen molar-refractivity contribution in [1.29, 1.82) is 5.26 Å². The van der Waals surface area contributed by atoms with Crippen LogP contribution in [0.2, 0.25) is 0 Å². The number of ether oxygens (including phenoxy) is 2. The minimum atomic E-state index is -1.42. The van der Waals surface area contributed by atoms with Crippen LogP contribution in [0.15, 0.2) is 11.8 Å². The van der Waals surface area contributed by atoms with Gasteiger partial charge in [0, 0.05) is 14.1 Å². The maximum atomic E-state index is 12.5. The van der Waals surface area contributed by atoms with E-state index < -0.39 is 35.5 Å². The van der Waals surface area contributed by atoms with Gasteiger partial charge in [0.1, 0.15) is 12.0 Å². The number of carbonyl (C=O) groups is 3. The van der Waals surface area contributed by atoms with Crippen molar-refractivity contribution in [3.8, 4) is 6.07 Å². The molecule has 0 aromatic rings. The lowest BCUT2D eigenvalue weighted by atomic mass is 9.78. The van der Waals surface area contributed by atoms with Crippen LogP contribution in [-0.4, -0.2) is 54.1 Å². The van der Waals surface area contributed by atoms with E-state index in [0.29, 0.717) is 0 Å². The van der Waals surface area contributed by atoms with E-state index in [0.717, 1.165) is 4.90 Å². The number of hydrogen-bond acceptors (Lipinski definition) is 6. The van der Waals surface area contributed by atoms with Crippen molar-refractivity contribution in [3.05, 3.63) is 11.8 Å². The number of fused-ring (bicyclic) bond motifs is 1. The van der Waals surface area contributed by atoms with Gasteiger partial charge in [-0.1, -0.05) is 0 Å². The topological polar surface area (TPSA) is 99.9 Å². The minimum Gasteiger partial charge on any atom is -0.466 e. The number of hydrogen-bond donors (Lipinski definition) is 0. The molecule has 3 atom stereocenters. The van der Waals surface area contributed by atoms with E-state index in [1.165, 1.54) is 32.0 Å². The Morgan fingerprint density at radius 1 is 1.50 bits per heavy atom. The summed E-state index contributed by atoms with van der Waals surface area (Å²) < 4.78 is 10.5. The van der Waals surface area contributed by atoms with E-state index in [4.69, 9.17) is 14.7 Å². The van der Waals surface area contributed by atoms with Gasteiger partial charge in [0.05, 0.1) is 12.5 Å². The van der Waals surface area contributed by atoms with Crippen LogP contribution in [-0.2, 0) is 19.1 Å². The molecule has 0 aliphatic carbocycles. The molecule has 22 heavy (non-hydrogen) atoms. The predicted octanol–water partition coefficient (Wildman–Crippen LogP) is 0.460. The Labute approximate surface area is 127 Å². The van der Waals surface area contributed by atoms with Crippen molar-refractivity contribution >= 4 is 17.9 Å². The smallest absolute Gasteiger partial charge is 0.329 e. The lowest BCUT2D eigenvalue weighted by molar-refractivity contribution is -0.190. The Morgan fingerprint density at radius 2 is 2.14 bits per heavy atom. The van der Waals surface area contributed by atoms with Crippen LogP contribution in [0.4, 0.5) is 4.79 Å². The molecular weight excluding hydrogens is 290 g/mol. The molecule has 0 radical (unpaired) electrons. The van der Waals surface area contributed by atoms with Crippen LogP contribution in [0.25, 0.3) is 0 Å². The number of nitrogens with zero attached hydrogens (tertiary/aromatic N) is 3. The quantitative estimate of drug-likeness (QED) is 0.687. The molecule has 1 fully saturated rings. The van der Waals surface area contributed by atoms with E-state index in [9.17, 15) is 14.4 Å². The predicted molar refractivity (Wildman–Crippen MR) is 72.7 cm³/mol. The zero-order valence-corrected chi connectivity index (χ0v) is 12.8. The van der Waals surface area contributed by atoms with Gasteiger partial charge >= 0.3 is 12.0 Å². The zero-order valence-electron chi connectivity index (χ0n) is 12.8. The summed E-state index contributed by atoms with van der Waals surface area (Å²) >= 11 is 0. The molecule has 0 unspecified atom stereocenters. The number of rotatable bonds is 2. The van der Waals surface area contributed by atoms with Crippen molar-refractivity contribution in [3.63, 3.8) is 0 Å². The third-order valence-electron chi connectivity index (χ3n) is 4.09. The summed E-state index contributed by atoms with van der Waals surface area (Å²) in [6.45, 7) is 3.31. The standard InChI is InChI=1S/C14H17N3O5/c1-5-21-12(19)9-6-8(7-15)22-14(2)10(9)11(18)16(3)13(20)17(14)4/h6,9-10H,5H2,1-4H3/t9-,10-,14+/m0/s1. The van der Waals surface area contributed by atoms with Crippen LogP contribution in [0.5, 0.6) is 0 Å². The Balaban J connectivity index is 2.56. The molecule has 118 valence electrons. The molecule has 2 heterocycles. The number of amides is 3. The highest BCUT2D eigenvalue weighted by molar-refractivity contribution is 6.01. The van der Waals surface area contributed by atoms with Crippen LogP contribution >= 0.6 is 0 Å². The highest BCUT2D eigenvalue weighted by Gasteiger charge is 2.60. The molecule has 0 spiro atoms. The maximum absolute atomic E-state index is 12.5. The first-order valence-electron chi connectivity index (χ1n) is 6.80. The largest absolute Gasteiger partial charge is 0.466 e. The van der Waals surface area contributed by atoms with E-state index in [-0.39, 0.29) is 12.4 Å². The van der Waals surface area contributed by atoms with E-state index in [2.05, 4.69) is 0 Å². The van der Waals surface area contributed by atoms with E-state index in [1.54, 1.807) is 6.92 Å². The molecule has 8 nitrogen and oxygen atoms in total. The summed E-state index contributed by atoms with van der Waals surface area (Å²) in [5.41, 5.74) is -1.42. The first-order valence-corrected chi connectivity index (χ1v) is 6.80. The van der Waals surface area contributed by atoms with Crippen LogP contribution in [0.1, 0.15) is 13.8 Å². The fraction of sp³-hybridized carbons (Fsp3) is 0.571. The van der Waals surface area contributed by atoms with Gasteiger partial charge in [-0.2, -0.15) is 5.26 Å². The Bertz CT molecular complexity index is 608. The molecule has 1 saturated heterocycles. The second-order valence-corrected chi connectivity index (χ2v) is 5.29. The molecule has 0 aromatic heterocycles. The monoisotopic (exact) mass is 307 g/mol. The highest BCUT2D eigenvalue weighted by atomic mass is 16.5. The second-order valence-electron chi connectivity index (χ2n) is 5.29. The number of urea groups is 1. The molecule has 0 N–H and O–H groups in total. The minimum absolute atomic E-state index is 0.117. The first-order chi connectivity index (χ1) is 10.3. The molecule has 0 bridgehead atoms. The Kier molecular flexibility index (Phi) is 3.83. The van der Waals surface area contributed by atoms with Crippen molar-refractivity contribution in [2.24, 2.45) is 11.8 Å². The van der Waals surface area contributed by atoms with Gasteiger partial charge in [0.25, 0.3) is 0 Å². The number of imide groups is 1. The molecule has 0 saturated carbocycles. The van der Waals surface area contributed by atoms with Gasteiger partial charge in [-0.3, -0.25) is 19.4 Å². The summed E-state index contributed by atoms with van der Waals surface area (Å²) in [4.78, 5) is 39.0. The van der Waals surface area contributed by atoms with Crippen molar-refractivity contribution in [2.45, 2.75) is 19.6 Å². The summed E-state index contributed by atoms with van der Waals surface area (Å²) in [7, 11) is 2.80.